The number of Topliss-reactive ketones (excluding diaryl/α,β-unsaturated/α-hetero) is 1. The van der Waals surface area contributed by atoms with Gasteiger partial charge in [-0.05, 0) is 37.2 Å². The van der Waals surface area contributed by atoms with Crippen molar-refractivity contribution in [3.05, 3.63) is 11.1 Å². The summed E-state index contributed by atoms with van der Waals surface area (Å²) in [6.45, 7) is 2.24. The minimum Gasteiger partial charge on any atom is -0.295 e. The molecular formula is C16H26O. The first-order chi connectivity index (χ1) is 8.29. The van der Waals surface area contributed by atoms with Gasteiger partial charge in [-0.15, -0.1) is 0 Å². The Labute approximate surface area is 106 Å². The molecule has 0 N–H and O–H groups in total. The molecule has 1 atom stereocenters. The third-order valence-electron chi connectivity index (χ3n) is 4.43. The van der Waals surface area contributed by atoms with Crippen LogP contribution >= 0.6 is 0 Å². The number of hydrogen-bond donors (Lipinski definition) is 0. The molecule has 0 saturated heterocycles. The lowest BCUT2D eigenvalue weighted by Crippen LogP contribution is -1.97. The average Bonchev–Trinajstić information content (AvgIpc) is 2.54. The van der Waals surface area contributed by atoms with Crippen LogP contribution in [0.5, 0.6) is 0 Å². The van der Waals surface area contributed by atoms with Gasteiger partial charge < -0.3 is 0 Å². The number of carbonyl (C=O) groups excluding carboxylic acids is 1. The number of allylic oxidation sites excluding steroid dienone is 2. The zero-order valence-electron chi connectivity index (χ0n) is 11.3. The van der Waals surface area contributed by atoms with Crippen LogP contribution in [0.4, 0.5) is 0 Å². The lowest BCUT2D eigenvalue weighted by Gasteiger charge is -2.12. The number of carbonyl (C=O) groups is 1. The van der Waals surface area contributed by atoms with Crippen molar-refractivity contribution in [3.63, 3.8) is 0 Å². The van der Waals surface area contributed by atoms with Crippen molar-refractivity contribution < 1.29 is 4.79 Å². The van der Waals surface area contributed by atoms with Crippen LogP contribution in [0, 0.1) is 5.92 Å². The molecule has 0 aromatic carbocycles. The highest BCUT2D eigenvalue weighted by Gasteiger charge is 2.27. The molecule has 2 rings (SSSR count). The first-order valence-electron chi connectivity index (χ1n) is 7.54. The molecular weight excluding hydrogens is 208 g/mol. The molecule has 0 aliphatic heterocycles. The van der Waals surface area contributed by atoms with Crippen molar-refractivity contribution >= 4 is 5.78 Å². The van der Waals surface area contributed by atoms with Crippen molar-refractivity contribution in [1.29, 1.82) is 0 Å². The third kappa shape index (κ3) is 3.43. The van der Waals surface area contributed by atoms with Gasteiger partial charge >= 0.3 is 0 Å². The summed E-state index contributed by atoms with van der Waals surface area (Å²) in [6.07, 6.45) is 13.9. The summed E-state index contributed by atoms with van der Waals surface area (Å²) in [6, 6.07) is 0. The van der Waals surface area contributed by atoms with E-state index in [0.29, 0.717) is 11.7 Å². The molecule has 17 heavy (non-hydrogen) atoms. The minimum atomic E-state index is 0.463. The van der Waals surface area contributed by atoms with E-state index in [0.717, 1.165) is 12.8 Å². The summed E-state index contributed by atoms with van der Waals surface area (Å²) < 4.78 is 0. The molecule has 0 fully saturated rings. The monoisotopic (exact) mass is 234 g/mol. The fourth-order valence-electron chi connectivity index (χ4n) is 3.38. The fraction of sp³-hybridized carbons (Fsp3) is 0.812. The Morgan fingerprint density at radius 1 is 0.824 bits per heavy atom. The number of hydrogen-bond acceptors (Lipinski definition) is 1. The SMILES string of the molecule is CC1CC(=O)C2=C1CCCCCCCCCC2. The van der Waals surface area contributed by atoms with E-state index < -0.39 is 0 Å². The van der Waals surface area contributed by atoms with Gasteiger partial charge in [-0.1, -0.05) is 51.0 Å². The third-order valence-corrected chi connectivity index (χ3v) is 4.43. The molecule has 0 bridgehead atoms. The molecule has 1 nitrogen and oxygen atoms in total. The lowest BCUT2D eigenvalue weighted by molar-refractivity contribution is -0.115. The molecule has 0 heterocycles. The van der Waals surface area contributed by atoms with Gasteiger partial charge in [0.15, 0.2) is 5.78 Å². The van der Waals surface area contributed by atoms with Gasteiger partial charge in [0.05, 0.1) is 0 Å². The van der Waals surface area contributed by atoms with Crippen molar-refractivity contribution in [2.45, 2.75) is 77.6 Å². The van der Waals surface area contributed by atoms with Gasteiger partial charge in [0.2, 0.25) is 0 Å². The van der Waals surface area contributed by atoms with E-state index in [2.05, 4.69) is 6.92 Å². The Morgan fingerprint density at radius 2 is 1.35 bits per heavy atom. The second-order valence-corrected chi connectivity index (χ2v) is 5.86. The molecule has 1 heteroatoms. The second kappa shape index (κ2) is 6.37. The van der Waals surface area contributed by atoms with Crippen LogP contribution in [0.3, 0.4) is 0 Å². The van der Waals surface area contributed by atoms with Crippen LogP contribution in [0.2, 0.25) is 0 Å². The van der Waals surface area contributed by atoms with Crippen LogP contribution in [0.25, 0.3) is 0 Å². The largest absolute Gasteiger partial charge is 0.295 e. The Kier molecular flexibility index (Phi) is 4.82. The van der Waals surface area contributed by atoms with Crippen LogP contribution in [-0.2, 0) is 4.79 Å². The molecule has 0 amide bonds. The standard InChI is InChI=1S/C16H26O/c1-13-12-16(17)15-11-9-7-5-3-2-4-6-8-10-14(13)15/h13H,2-12H2,1H3. The first-order valence-corrected chi connectivity index (χ1v) is 7.54. The van der Waals surface area contributed by atoms with Gasteiger partial charge in [-0.2, -0.15) is 0 Å². The van der Waals surface area contributed by atoms with Gasteiger partial charge in [0.25, 0.3) is 0 Å². The van der Waals surface area contributed by atoms with E-state index in [-0.39, 0.29) is 0 Å². The second-order valence-electron chi connectivity index (χ2n) is 5.86. The zero-order valence-corrected chi connectivity index (χ0v) is 11.3. The normalized spacial score (nSPS) is 28.5. The molecule has 96 valence electrons. The molecule has 2 aliphatic rings. The van der Waals surface area contributed by atoms with Crippen LogP contribution < -0.4 is 0 Å². The molecule has 0 radical (unpaired) electrons. The van der Waals surface area contributed by atoms with E-state index in [9.17, 15) is 4.79 Å². The smallest absolute Gasteiger partial charge is 0.159 e. The van der Waals surface area contributed by atoms with Crippen LogP contribution in [-0.4, -0.2) is 5.78 Å². The quantitative estimate of drug-likeness (QED) is 0.588. The average molecular weight is 234 g/mol. The predicted molar refractivity (Wildman–Crippen MR) is 72.0 cm³/mol. The molecule has 2 aliphatic carbocycles. The zero-order chi connectivity index (χ0) is 12.1. The van der Waals surface area contributed by atoms with Crippen molar-refractivity contribution in [2.24, 2.45) is 5.92 Å². The van der Waals surface area contributed by atoms with Crippen molar-refractivity contribution in [1.82, 2.24) is 0 Å². The highest BCUT2D eigenvalue weighted by Crippen LogP contribution is 2.35. The van der Waals surface area contributed by atoms with E-state index >= 15 is 0 Å². The van der Waals surface area contributed by atoms with E-state index in [1.807, 2.05) is 0 Å². The van der Waals surface area contributed by atoms with Gasteiger partial charge in [0, 0.05) is 6.42 Å². The fourth-order valence-corrected chi connectivity index (χ4v) is 3.38. The predicted octanol–water partition coefficient (Wildman–Crippen LogP) is 4.81. The van der Waals surface area contributed by atoms with Gasteiger partial charge in [-0.3, -0.25) is 4.79 Å². The minimum absolute atomic E-state index is 0.463. The van der Waals surface area contributed by atoms with Crippen LogP contribution in [0.1, 0.15) is 77.6 Å². The molecule has 0 aromatic rings. The molecule has 0 aromatic heterocycles. The highest BCUT2D eigenvalue weighted by atomic mass is 16.1. The maximum Gasteiger partial charge on any atom is 0.159 e. The van der Waals surface area contributed by atoms with E-state index in [1.165, 1.54) is 68.9 Å². The maximum absolute atomic E-state index is 12.0. The highest BCUT2D eigenvalue weighted by molar-refractivity contribution is 5.99. The molecule has 0 spiro atoms. The van der Waals surface area contributed by atoms with E-state index in [1.54, 1.807) is 0 Å². The number of ketones is 1. The Bertz CT molecular complexity index is 301. The summed E-state index contributed by atoms with van der Waals surface area (Å²) in [7, 11) is 0. The van der Waals surface area contributed by atoms with E-state index in [4.69, 9.17) is 0 Å². The summed E-state index contributed by atoms with van der Waals surface area (Å²) in [5, 5.41) is 0. The molecule has 1 unspecified atom stereocenters. The Hall–Kier alpha value is -0.590. The Balaban J connectivity index is 2.03. The topological polar surface area (TPSA) is 17.1 Å². The Morgan fingerprint density at radius 3 is 2.00 bits per heavy atom. The molecule has 0 saturated carbocycles. The van der Waals surface area contributed by atoms with Gasteiger partial charge in [0.1, 0.15) is 0 Å². The first kappa shape index (κ1) is 12.9. The lowest BCUT2D eigenvalue weighted by atomic mass is 9.93. The van der Waals surface area contributed by atoms with Gasteiger partial charge in [-0.25, -0.2) is 0 Å². The summed E-state index contributed by atoms with van der Waals surface area (Å²) >= 11 is 0. The summed E-state index contributed by atoms with van der Waals surface area (Å²) in [5.74, 6) is 1.00. The summed E-state index contributed by atoms with van der Waals surface area (Å²) in [4.78, 5) is 12.0. The summed E-state index contributed by atoms with van der Waals surface area (Å²) in [5.41, 5.74) is 2.76. The maximum atomic E-state index is 12.0. The van der Waals surface area contributed by atoms with Crippen LogP contribution in [0.15, 0.2) is 11.1 Å². The number of rotatable bonds is 0. The van der Waals surface area contributed by atoms with Crippen molar-refractivity contribution in [3.8, 4) is 0 Å². The van der Waals surface area contributed by atoms with Crippen molar-refractivity contribution in [2.75, 3.05) is 0 Å².